The van der Waals surface area contributed by atoms with E-state index in [-0.39, 0.29) is 5.54 Å². The van der Waals surface area contributed by atoms with E-state index >= 15 is 0 Å². The van der Waals surface area contributed by atoms with Gasteiger partial charge in [-0.3, -0.25) is 4.90 Å². The minimum atomic E-state index is -0.900. The van der Waals surface area contributed by atoms with Gasteiger partial charge in [-0.2, -0.15) is 0 Å². The lowest BCUT2D eigenvalue weighted by atomic mass is 9.84. The van der Waals surface area contributed by atoms with E-state index in [1.807, 2.05) is 13.0 Å². The number of nitrogens with zero attached hydrogens (tertiary/aromatic N) is 1. The van der Waals surface area contributed by atoms with Gasteiger partial charge in [0, 0.05) is 24.2 Å². The van der Waals surface area contributed by atoms with Gasteiger partial charge < -0.3 is 10.4 Å². The van der Waals surface area contributed by atoms with Crippen LogP contribution in [-0.2, 0) is 6.54 Å². The standard InChI is InChI=1S/C16H22N2O2/c1-16(17-15(19)20)9-13-7-8-14(10-16)18(13)11-12-5-3-2-4-6-12/h2-6,13-14,17H,7-11H2,1H3,(H,19,20)/t13-,14+,16+. The number of carboxylic acid groups (broad SMARTS) is 1. The van der Waals surface area contributed by atoms with Crippen LogP contribution in [-0.4, -0.2) is 33.7 Å². The fourth-order valence-electron chi connectivity index (χ4n) is 3.99. The van der Waals surface area contributed by atoms with Crippen molar-refractivity contribution in [2.24, 2.45) is 0 Å². The lowest BCUT2D eigenvalue weighted by molar-refractivity contribution is 0.0693. The van der Waals surface area contributed by atoms with Crippen molar-refractivity contribution in [2.45, 2.75) is 56.8 Å². The SMILES string of the molecule is C[C@]1(NC(=O)O)C[C@H]2CC[C@@H](C1)N2Cc1ccccc1. The average molecular weight is 274 g/mol. The summed E-state index contributed by atoms with van der Waals surface area (Å²) in [5.41, 5.74) is 1.09. The third-order valence-corrected chi connectivity index (χ3v) is 4.76. The highest BCUT2D eigenvalue weighted by Crippen LogP contribution is 2.41. The molecule has 0 aromatic heterocycles. The number of piperidine rings is 1. The number of rotatable bonds is 3. The Balaban J connectivity index is 1.70. The van der Waals surface area contributed by atoms with Crippen LogP contribution in [0.1, 0.15) is 38.2 Å². The summed E-state index contributed by atoms with van der Waals surface area (Å²) in [5, 5.41) is 11.7. The van der Waals surface area contributed by atoms with E-state index in [0.29, 0.717) is 12.1 Å². The first-order valence-electron chi connectivity index (χ1n) is 7.36. The van der Waals surface area contributed by atoms with Crippen LogP contribution >= 0.6 is 0 Å². The normalized spacial score (nSPS) is 33.0. The van der Waals surface area contributed by atoms with Crippen molar-refractivity contribution >= 4 is 6.09 Å². The lowest BCUT2D eigenvalue weighted by Crippen LogP contribution is -2.57. The minimum absolute atomic E-state index is 0.259. The van der Waals surface area contributed by atoms with E-state index in [9.17, 15) is 4.79 Å². The lowest BCUT2D eigenvalue weighted by Gasteiger charge is -2.44. The van der Waals surface area contributed by atoms with Gasteiger partial charge in [-0.25, -0.2) is 4.79 Å². The Kier molecular flexibility index (Phi) is 3.42. The quantitative estimate of drug-likeness (QED) is 0.891. The summed E-state index contributed by atoms with van der Waals surface area (Å²) in [4.78, 5) is 13.5. The number of benzene rings is 1. The molecule has 0 radical (unpaired) electrons. The highest BCUT2D eigenvalue weighted by molar-refractivity contribution is 5.65. The Morgan fingerprint density at radius 2 is 1.90 bits per heavy atom. The van der Waals surface area contributed by atoms with Crippen LogP contribution in [0.4, 0.5) is 4.79 Å². The predicted molar refractivity (Wildman–Crippen MR) is 77.6 cm³/mol. The summed E-state index contributed by atoms with van der Waals surface area (Å²) in [7, 11) is 0. The first-order valence-corrected chi connectivity index (χ1v) is 7.36. The van der Waals surface area contributed by atoms with Gasteiger partial charge in [0.15, 0.2) is 0 Å². The Hall–Kier alpha value is -1.55. The molecule has 108 valence electrons. The van der Waals surface area contributed by atoms with E-state index in [1.54, 1.807) is 0 Å². The molecule has 0 spiro atoms. The van der Waals surface area contributed by atoms with Crippen LogP contribution in [0.15, 0.2) is 30.3 Å². The molecule has 2 bridgehead atoms. The monoisotopic (exact) mass is 274 g/mol. The summed E-state index contributed by atoms with van der Waals surface area (Å²) in [6, 6.07) is 11.6. The molecule has 4 heteroatoms. The predicted octanol–water partition coefficient (Wildman–Crippen LogP) is 2.84. The van der Waals surface area contributed by atoms with Gasteiger partial charge in [-0.15, -0.1) is 0 Å². The zero-order valence-corrected chi connectivity index (χ0v) is 11.9. The number of hydrogen-bond donors (Lipinski definition) is 2. The Morgan fingerprint density at radius 3 is 2.45 bits per heavy atom. The van der Waals surface area contributed by atoms with Crippen LogP contribution in [0.2, 0.25) is 0 Å². The van der Waals surface area contributed by atoms with Gasteiger partial charge in [0.05, 0.1) is 0 Å². The van der Waals surface area contributed by atoms with Crippen LogP contribution in [0.5, 0.6) is 0 Å². The van der Waals surface area contributed by atoms with Gasteiger partial charge in [0.25, 0.3) is 0 Å². The highest BCUT2D eigenvalue weighted by atomic mass is 16.4. The number of nitrogens with one attached hydrogen (secondary N) is 1. The van der Waals surface area contributed by atoms with Gasteiger partial charge in [-0.1, -0.05) is 30.3 Å². The topological polar surface area (TPSA) is 52.6 Å². The molecule has 3 atom stereocenters. The molecule has 0 saturated carbocycles. The zero-order valence-electron chi connectivity index (χ0n) is 11.9. The number of hydrogen-bond acceptors (Lipinski definition) is 2. The molecule has 2 aliphatic heterocycles. The molecule has 2 saturated heterocycles. The number of amides is 1. The van der Waals surface area contributed by atoms with E-state index in [0.717, 1.165) is 19.4 Å². The molecule has 2 N–H and O–H groups in total. The fourth-order valence-corrected chi connectivity index (χ4v) is 3.99. The molecule has 3 rings (SSSR count). The van der Waals surface area contributed by atoms with Crippen LogP contribution in [0.25, 0.3) is 0 Å². The van der Waals surface area contributed by atoms with Crippen molar-refractivity contribution in [3.8, 4) is 0 Å². The largest absolute Gasteiger partial charge is 0.465 e. The van der Waals surface area contributed by atoms with Crippen LogP contribution < -0.4 is 5.32 Å². The van der Waals surface area contributed by atoms with Crippen molar-refractivity contribution in [1.82, 2.24) is 10.2 Å². The van der Waals surface area contributed by atoms with Crippen LogP contribution in [0.3, 0.4) is 0 Å². The van der Waals surface area contributed by atoms with Crippen molar-refractivity contribution in [1.29, 1.82) is 0 Å². The molecular weight excluding hydrogens is 252 g/mol. The summed E-state index contributed by atoms with van der Waals surface area (Å²) in [5.74, 6) is 0. The fraction of sp³-hybridized carbons (Fsp3) is 0.562. The van der Waals surface area contributed by atoms with E-state index < -0.39 is 6.09 Å². The maximum atomic E-state index is 11.0. The molecule has 1 amide bonds. The summed E-state index contributed by atoms with van der Waals surface area (Å²) in [6.45, 7) is 3.03. The van der Waals surface area contributed by atoms with Gasteiger partial charge in [0.2, 0.25) is 0 Å². The summed E-state index contributed by atoms with van der Waals surface area (Å²) >= 11 is 0. The van der Waals surface area contributed by atoms with Crippen molar-refractivity contribution in [3.63, 3.8) is 0 Å². The maximum Gasteiger partial charge on any atom is 0.405 e. The molecule has 1 aromatic carbocycles. The molecule has 20 heavy (non-hydrogen) atoms. The Bertz CT molecular complexity index is 475. The molecule has 2 aliphatic rings. The van der Waals surface area contributed by atoms with Crippen LogP contribution in [0, 0.1) is 0 Å². The second kappa shape index (κ2) is 5.09. The summed E-state index contributed by atoms with van der Waals surface area (Å²) < 4.78 is 0. The van der Waals surface area contributed by atoms with Crippen molar-refractivity contribution in [3.05, 3.63) is 35.9 Å². The second-order valence-electron chi connectivity index (χ2n) is 6.44. The molecule has 0 unspecified atom stereocenters. The Morgan fingerprint density at radius 1 is 1.30 bits per heavy atom. The number of carbonyl (C=O) groups is 1. The maximum absolute atomic E-state index is 11.0. The van der Waals surface area contributed by atoms with E-state index in [4.69, 9.17) is 5.11 Å². The number of fused-ring (bicyclic) bond motifs is 2. The molecule has 1 aromatic rings. The van der Waals surface area contributed by atoms with Gasteiger partial charge in [-0.05, 0) is 38.2 Å². The zero-order chi connectivity index (χ0) is 14.2. The Labute approximate surface area is 119 Å². The third-order valence-electron chi connectivity index (χ3n) is 4.76. The highest BCUT2D eigenvalue weighted by Gasteiger charge is 2.46. The van der Waals surface area contributed by atoms with Crippen molar-refractivity contribution < 1.29 is 9.90 Å². The molecular formula is C16H22N2O2. The first kappa shape index (κ1) is 13.4. The molecule has 2 heterocycles. The van der Waals surface area contributed by atoms with Gasteiger partial charge in [0.1, 0.15) is 0 Å². The second-order valence-corrected chi connectivity index (χ2v) is 6.44. The minimum Gasteiger partial charge on any atom is -0.465 e. The van der Waals surface area contributed by atoms with Crippen molar-refractivity contribution in [2.75, 3.05) is 0 Å². The van der Waals surface area contributed by atoms with E-state index in [2.05, 4.69) is 34.5 Å². The first-order chi connectivity index (χ1) is 9.56. The van der Waals surface area contributed by atoms with Gasteiger partial charge >= 0.3 is 6.09 Å². The smallest absolute Gasteiger partial charge is 0.405 e. The molecule has 0 aliphatic carbocycles. The third kappa shape index (κ3) is 2.66. The molecule has 2 fully saturated rings. The summed E-state index contributed by atoms with van der Waals surface area (Å²) in [6.07, 6.45) is 3.32. The molecule has 4 nitrogen and oxygen atoms in total. The van der Waals surface area contributed by atoms with E-state index in [1.165, 1.54) is 18.4 Å². The average Bonchev–Trinajstić information content (AvgIpc) is 2.64.